The predicted molar refractivity (Wildman–Crippen MR) is 84.9 cm³/mol. The largest absolute Gasteiger partial charge is 0.0613 e. The van der Waals surface area contributed by atoms with Crippen molar-refractivity contribution in [2.24, 2.45) is 0 Å². The molecule has 0 aliphatic rings. The minimum absolute atomic E-state index is 1.10. The van der Waals surface area contributed by atoms with Crippen LogP contribution in [-0.2, 0) is 12.8 Å². The lowest BCUT2D eigenvalue weighted by Crippen LogP contribution is -1.87. The standard InChI is InChI=1S/C19H20/c1-4-14-6-8-17-16(11-14)10-13(3)19-12-15(5-2)7-9-18(17)19/h6-12H,4-5H2,1-3H3. The highest BCUT2D eigenvalue weighted by Crippen LogP contribution is 2.30. The van der Waals surface area contributed by atoms with Gasteiger partial charge in [-0.15, -0.1) is 0 Å². The van der Waals surface area contributed by atoms with Crippen LogP contribution in [0.5, 0.6) is 0 Å². The molecule has 0 heterocycles. The average molecular weight is 248 g/mol. The van der Waals surface area contributed by atoms with Gasteiger partial charge in [-0.2, -0.15) is 0 Å². The fourth-order valence-corrected chi connectivity index (χ4v) is 2.88. The van der Waals surface area contributed by atoms with Gasteiger partial charge in [-0.1, -0.05) is 56.3 Å². The zero-order chi connectivity index (χ0) is 13.4. The minimum atomic E-state index is 1.10. The van der Waals surface area contributed by atoms with Crippen LogP contribution in [0.2, 0.25) is 0 Å². The fourth-order valence-electron chi connectivity index (χ4n) is 2.88. The van der Waals surface area contributed by atoms with E-state index in [2.05, 4.69) is 63.2 Å². The number of aryl methyl sites for hydroxylation is 3. The Labute approximate surface area is 115 Å². The highest BCUT2D eigenvalue weighted by molar-refractivity contribution is 6.09. The molecule has 3 aromatic carbocycles. The van der Waals surface area contributed by atoms with Crippen molar-refractivity contribution in [3.8, 4) is 0 Å². The van der Waals surface area contributed by atoms with Crippen molar-refractivity contribution < 1.29 is 0 Å². The van der Waals surface area contributed by atoms with Gasteiger partial charge in [0.05, 0.1) is 0 Å². The van der Waals surface area contributed by atoms with Crippen molar-refractivity contribution in [1.82, 2.24) is 0 Å². The van der Waals surface area contributed by atoms with Crippen LogP contribution in [0.25, 0.3) is 21.5 Å². The zero-order valence-electron chi connectivity index (χ0n) is 12.0. The van der Waals surface area contributed by atoms with Crippen LogP contribution in [0.1, 0.15) is 30.5 Å². The summed E-state index contributed by atoms with van der Waals surface area (Å²) >= 11 is 0. The summed E-state index contributed by atoms with van der Waals surface area (Å²) in [5.74, 6) is 0. The Hall–Kier alpha value is -1.82. The number of benzene rings is 3. The second kappa shape index (κ2) is 4.70. The third-order valence-electron chi connectivity index (χ3n) is 4.10. The Bertz CT molecular complexity index is 751. The molecule has 0 saturated heterocycles. The van der Waals surface area contributed by atoms with E-state index in [1.54, 1.807) is 0 Å². The molecule has 0 N–H and O–H groups in total. The van der Waals surface area contributed by atoms with Crippen LogP contribution in [0, 0.1) is 6.92 Å². The van der Waals surface area contributed by atoms with Crippen molar-refractivity contribution in [1.29, 1.82) is 0 Å². The molecule has 0 radical (unpaired) electrons. The Balaban J connectivity index is 2.39. The van der Waals surface area contributed by atoms with Crippen LogP contribution in [0.3, 0.4) is 0 Å². The molecule has 19 heavy (non-hydrogen) atoms. The molecule has 0 unspecified atom stereocenters. The van der Waals surface area contributed by atoms with E-state index in [9.17, 15) is 0 Å². The third-order valence-corrected chi connectivity index (χ3v) is 4.10. The molecule has 0 amide bonds. The van der Waals surface area contributed by atoms with Crippen molar-refractivity contribution in [2.45, 2.75) is 33.6 Å². The first kappa shape index (κ1) is 12.2. The molecular formula is C19H20. The fraction of sp³-hybridized carbons (Fsp3) is 0.263. The molecule has 0 aliphatic carbocycles. The van der Waals surface area contributed by atoms with Crippen molar-refractivity contribution in [3.05, 3.63) is 59.2 Å². The van der Waals surface area contributed by atoms with Crippen LogP contribution < -0.4 is 0 Å². The lowest BCUT2D eigenvalue weighted by Gasteiger charge is -2.10. The molecule has 0 spiro atoms. The van der Waals surface area contributed by atoms with Gasteiger partial charge < -0.3 is 0 Å². The lowest BCUT2D eigenvalue weighted by atomic mass is 9.94. The van der Waals surface area contributed by atoms with E-state index in [1.807, 2.05) is 0 Å². The summed E-state index contributed by atoms with van der Waals surface area (Å²) in [6.45, 7) is 6.65. The Morgan fingerprint density at radius 1 is 0.684 bits per heavy atom. The van der Waals surface area contributed by atoms with Crippen LogP contribution >= 0.6 is 0 Å². The molecule has 3 rings (SSSR count). The maximum atomic E-state index is 2.35. The summed E-state index contributed by atoms with van der Waals surface area (Å²) in [7, 11) is 0. The van der Waals surface area contributed by atoms with E-state index in [0.717, 1.165) is 12.8 Å². The summed E-state index contributed by atoms with van der Waals surface area (Å²) in [6.07, 6.45) is 2.20. The van der Waals surface area contributed by atoms with Crippen molar-refractivity contribution in [2.75, 3.05) is 0 Å². The normalized spacial score (nSPS) is 11.3. The Kier molecular flexibility index (Phi) is 3.02. The van der Waals surface area contributed by atoms with Gasteiger partial charge in [-0.05, 0) is 58.0 Å². The molecule has 0 nitrogen and oxygen atoms in total. The number of rotatable bonds is 2. The van der Waals surface area contributed by atoms with Gasteiger partial charge in [0.1, 0.15) is 0 Å². The molecule has 0 aromatic heterocycles. The van der Waals surface area contributed by atoms with E-state index < -0.39 is 0 Å². The maximum Gasteiger partial charge on any atom is -0.0103 e. The topological polar surface area (TPSA) is 0 Å². The molecular weight excluding hydrogens is 228 g/mol. The molecule has 0 fully saturated rings. The Morgan fingerprint density at radius 2 is 1.32 bits per heavy atom. The summed E-state index contributed by atoms with van der Waals surface area (Å²) in [4.78, 5) is 0. The SMILES string of the molecule is CCc1ccc2c(c1)cc(C)c1cc(CC)ccc12. The molecule has 96 valence electrons. The number of hydrogen-bond acceptors (Lipinski definition) is 0. The molecule has 0 saturated carbocycles. The summed E-state index contributed by atoms with van der Waals surface area (Å²) in [6, 6.07) is 16.1. The van der Waals surface area contributed by atoms with Gasteiger partial charge in [0.2, 0.25) is 0 Å². The maximum absolute atomic E-state index is 2.35. The second-order valence-electron chi connectivity index (χ2n) is 5.34. The summed E-state index contributed by atoms with van der Waals surface area (Å²) in [5, 5.41) is 5.53. The monoisotopic (exact) mass is 248 g/mol. The first-order valence-corrected chi connectivity index (χ1v) is 7.17. The summed E-state index contributed by atoms with van der Waals surface area (Å²) < 4.78 is 0. The molecule has 3 aromatic rings. The van der Waals surface area contributed by atoms with Gasteiger partial charge in [-0.3, -0.25) is 0 Å². The molecule has 0 heteroatoms. The Morgan fingerprint density at radius 3 is 2.00 bits per heavy atom. The smallest absolute Gasteiger partial charge is 0.0103 e. The molecule has 0 aliphatic heterocycles. The summed E-state index contributed by atoms with van der Waals surface area (Å²) in [5.41, 5.74) is 4.21. The lowest BCUT2D eigenvalue weighted by molar-refractivity contribution is 1.14. The van der Waals surface area contributed by atoms with E-state index in [0.29, 0.717) is 0 Å². The van der Waals surface area contributed by atoms with Gasteiger partial charge >= 0.3 is 0 Å². The van der Waals surface area contributed by atoms with Gasteiger partial charge in [0, 0.05) is 0 Å². The van der Waals surface area contributed by atoms with Crippen LogP contribution in [0.15, 0.2) is 42.5 Å². The van der Waals surface area contributed by atoms with Gasteiger partial charge in [0.25, 0.3) is 0 Å². The molecule has 0 bridgehead atoms. The minimum Gasteiger partial charge on any atom is -0.0613 e. The van der Waals surface area contributed by atoms with Crippen molar-refractivity contribution in [3.63, 3.8) is 0 Å². The van der Waals surface area contributed by atoms with Crippen molar-refractivity contribution >= 4 is 21.5 Å². The van der Waals surface area contributed by atoms with Crippen LogP contribution in [0.4, 0.5) is 0 Å². The molecule has 0 atom stereocenters. The zero-order valence-corrected chi connectivity index (χ0v) is 12.0. The van der Waals surface area contributed by atoms with Gasteiger partial charge in [-0.25, -0.2) is 0 Å². The van der Waals surface area contributed by atoms with E-state index in [4.69, 9.17) is 0 Å². The first-order valence-electron chi connectivity index (χ1n) is 7.17. The van der Waals surface area contributed by atoms with E-state index >= 15 is 0 Å². The van der Waals surface area contributed by atoms with Crippen LogP contribution in [-0.4, -0.2) is 0 Å². The first-order chi connectivity index (χ1) is 9.22. The number of hydrogen-bond donors (Lipinski definition) is 0. The highest BCUT2D eigenvalue weighted by atomic mass is 14.1. The quantitative estimate of drug-likeness (QED) is 0.531. The predicted octanol–water partition coefficient (Wildman–Crippen LogP) is 5.43. The second-order valence-corrected chi connectivity index (χ2v) is 5.34. The number of fused-ring (bicyclic) bond motifs is 3. The highest BCUT2D eigenvalue weighted by Gasteiger charge is 2.05. The van der Waals surface area contributed by atoms with Gasteiger partial charge in [0.15, 0.2) is 0 Å². The van der Waals surface area contributed by atoms with E-state index in [1.165, 1.54) is 38.2 Å². The van der Waals surface area contributed by atoms with E-state index in [-0.39, 0.29) is 0 Å². The third kappa shape index (κ3) is 2.02. The average Bonchev–Trinajstić information content (AvgIpc) is 2.46.